The highest BCUT2D eigenvalue weighted by Crippen LogP contribution is 2.48. The molecule has 0 aromatic rings. The first-order valence-corrected chi connectivity index (χ1v) is 8.16. The molecule has 5 heteroatoms. The number of carboxylic acid groups (broad SMARTS) is 1. The van der Waals surface area contributed by atoms with Gasteiger partial charge in [-0.1, -0.05) is 26.7 Å². The summed E-state index contributed by atoms with van der Waals surface area (Å²) < 4.78 is 0. The van der Waals surface area contributed by atoms with Gasteiger partial charge in [-0.3, -0.25) is 0 Å². The quantitative estimate of drug-likeness (QED) is 0.791. The van der Waals surface area contributed by atoms with E-state index in [1.807, 2.05) is 13.8 Å². The third-order valence-corrected chi connectivity index (χ3v) is 5.50. The fourth-order valence-electron chi connectivity index (χ4n) is 3.96. The van der Waals surface area contributed by atoms with Gasteiger partial charge in [0, 0.05) is 13.6 Å². The fraction of sp³-hybridized carbons (Fsp3) is 0.875. The summed E-state index contributed by atoms with van der Waals surface area (Å²) in [5, 5.41) is 11.9. The van der Waals surface area contributed by atoms with Crippen LogP contribution in [-0.2, 0) is 4.79 Å². The highest BCUT2D eigenvalue weighted by Gasteiger charge is 2.40. The Balaban J connectivity index is 1.85. The predicted molar refractivity (Wildman–Crippen MR) is 81.0 cm³/mol. The van der Waals surface area contributed by atoms with E-state index < -0.39 is 12.0 Å². The van der Waals surface area contributed by atoms with E-state index in [0.29, 0.717) is 5.92 Å². The van der Waals surface area contributed by atoms with Crippen LogP contribution >= 0.6 is 0 Å². The van der Waals surface area contributed by atoms with Gasteiger partial charge < -0.3 is 15.3 Å². The number of nitrogens with zero attached hydrogens (tertiary/aromatic N) is 1. The molecule has 0 aromatic carbocycles. The molecule has 2 aliphatic carbocycles. The van der Waals surface area contributed by atoms with Crippen molar-refractivity contribution >= 4 is 12.0 Å². The van der Waals surface area contributed by atoms with Gasteiger partial charge in [0.2, 0.25) is 0 Å². The van der Waals surface area contributed by atoms with Crippen molar-refractivity contribution in [2.24, 2.45) is 23.7 Å². The van der Waals surface area contributed by atoms with E-state index in [1.54, 1.807) is 11.9 Å². The van der Waals surface area contributed by atoms with E-state index in [0.717, 1.165) is 24.8 Å². The number of fused-ring (bicyclic) bond motifs is 2. The summed E-state index contributed by atoms with van der Waals surface area (Å²) >= 11 is 0. The standard InChI is InChI=1S/C16H28N2O3/c1-4-10(2)14(15(19)20)17-16(21)18(3)9-13-8-11-5-6-12(13)7-11/h10-14H,4-9H2,1-3H3,(H,17,21)(H,19,20). The maximum Gasteiger partial charge on any atom is 0.326 e. The van der Waals surface area contributed by atoms with Crippen molar-refractivity contribution in [3.63, 3.8) is 0 Å². The molecule has 5 nitrogen and oxygen atoms in total. The summed E-state index contributed by atoms with van der Waals surface area (Å²) in [5.74, 6) is 1.22. The van der Waals surface area contributed by atoms with Crippen molar-refractivity contribution in [3.8, 4) is 0 Å². The second kappa shape index (κ2) is 6.67. The third-order valence-electron chi connectivity index (χ3n) is 5.50. The van der Waals surface area contributed by atoms with Crippen LogP contribution in [0.2, 0.25) is 0 Å². The summed E-state index contributed by atoms with van der Waals surface area (Å²) in [4.78, 5) is 25.2. The Hall–Kier alpha value is -1.26. The zero-order valence-electron chi connectivity index (χ0n) is 13.3. The van der Waals surface area contributed by atoms with E-state index >= 15 is 0 Å². The molecule has 2 amide bonds. The molecule has 2 rings (SSSR count). The molecule has 5 atom stereocenters. The third kappa shape index (κ3) is 3.69. The largest absolute Gasteiger partial charge is 0.480 e. The van der Waals surface area contributed by atoms with Gasteiger partial charge >= 0.3 is 12.0 Å². The van der Waals surface area contributed by atoms with Gasteiger partial charge in [-0.2, -0.15) is 0 Å². The number of carboxylic acids is 1. The maximum absolute atomic E-state index is 12.2. The minimum absolute atomic E-state index is 0.0673. The number of amides is 2. The Morgan fingerprint density at radius 3 is 2.52 bits per heavy atom. The number of hydrogen-bond acceptors (Lipinski definition) is 2. The Morgan fingerprint density at radius 2 is 2.05 bits per heavy atom. The van der Waals surface area contributed by atoms with E-state index in [1.165, 1.54) is 25.7 Å². The fourth-order valence-corrected chi connectivity index (χ4v) is 3.96. The average Bonchev–Trinajstić information content (AvgIpc) is 3.05. The molecule has 21 heavy (non-hydrogen) atoms. The molecule has 0 spiro atoms. The van der Waals surface area contributed by atoms with Crippen molar-refractivity contribution in [3.05, 3.63) is 0 Å². The van der Waals surface area contributed by atoms with Crippen molar-refractivity contribution < 1.29 is 14.7 Å². The molecule has 2 aliphatic rings. The van der Waals surface area contributed by atoms with E-state index in [2.05, 4.69) is 5.32 Å². The highest BCUT2D eigenvalue weighted by molar-refractivity contribution is 5.82. The van der Waals surface area contributed by atoms with E-state index in [-0.39, 0.29) is 11.9 Å². The van der Waals surface area contributed by atoms with Gasteiger partial charge in [-0.25, -0.2) is 9.59 Å². The highest BCUT2D eigenvalue weighted by atomic mass is 16.4. The number of nitrogens with one attached hydrogen (secondary N) is 1. The van der Waals surface area contributed by atoms with Crippen molar-refractivity contribution in [1.29, 1.82) is 0 Å². The van der Waals surface area contributed by atoms with E-state index in [9.17, 15) is 14.7 Å². The van der Waals surface area contributed by atoms with Crippen LogP contribution < -0.4 is 5.32 Å². The molecule has 0 radical (unpaired) electrons. The normalized spacial score (nSPS) is 30.0. The van der Waals surface area contributed by atoms with Crippen LogP contribution in [0.25, 0.3) is 0 Å². The Morgan fingerprint density at radius 1 is 1.33 bits per heavy atom. The van der Waals surface area contributed by atoms with E-state index in [4.69, 9.17) is 0 Å². The molecule has 2 bridgehead atoms. The minimum Gasteiger partial charge on any atom is -0.480 e. The van der Waals surface area contributed by atoms with Gasteiger partial charge in [-0.05, 0) is 42.9 Å². The molecule has 0 saturated heterocycles. The van der Waals surface area contributed by atoms with Gasteiger partial charge in [0.25, 0.3) is 0 Å². The molecule has 2 saturated carbocycles. The van der Waals surface area contributed by atoms with Crippen LogP contribution in [0.3, 0.4) is 0 Å². The lowest BCUT2D eigenvalue weighted by molar-refractivity contribution is -0.140. The monoisotopic (exact) mass is 296 g/mol. The first-order chi connectivity index (χ1) is 9.92. The van der Waals surface area contributed by atoms with Crippen LogP contribution in [0.15, 0.2) is 0 Å². The lowest BCUT2D eigenvalue weighted by Crippen LogP contribution is -2.50. The summed E-state index contributed by atoms with van der Waals surface area (Å²) in [6.45, 7) is 4.54. The predicted octanol–water partition coefficient (Wildman–Crippen LogP) is 2.56. The number of carbonyl (C=O) groups excluding carboxylic acids is 1. The van der Waals surface area contributed by atoms with Gasteiger partial charge in [0.15, 0.2) is 0 Å². The Kier molecular flexibility index (Phi) is 5.12. The maximum atomic E-state index is 12.2. The summed E-state index contributed by atoms with van der Waals surface area (Å²) in [5.41, 5.74) is 0. The van der Waals surface area contributed by atoms with Gasteiger partial charge in [0.05, 0.1) is 0 Å². The molecule has 2 fully saturated rings. The van der Waals surface area contributed by atoms with Gasteiger partial charge in [-0.15, -0.1) is 0 Å². The van der Waals surface area contributed by atoms with Crippen molar-refractivity contribution in [2.45, 2.75) is 52.0 Å². The van der Waals surface area contributed by atoms with Crippen LogP contribution in [0.4, 0.5) is 4.79 Å². The van der Waals surface area contributed by atoms with Crippen LogP contribution in [0.1, 0.15) is 46.0 Å². The minimum atomic E-state index is -0.953. The number of hydrogen-bond donors (Lipinski definition) is 2. The second-order valence-electron chi connectivity index (χ2n) is 6.97. The number of urea groups is 1. The Bertz CT molecular complexity index is 399. The Labute approximate surface area is 127 Å². The molecule has 5 unspecified atom stereocenters. The van der Waals surface area contributed by atoms with Crippen LogP contribution in [0, 0.1) is 23.7 Å². The molecule has 2 N–H and O–H groups in total. The number of carbonyl (C=O) groups is 2. The first kappa shape index (κ1) is 16.1. The summed E-state index contributed by atoms with van der Waals surface area (Å²) in [6, 6.07) is -1.06. The average molecular weight is 296 g/mol. The molecule has 120 valence electrons. The molecule has 0 heterocycles. The smallest absolute Gasteiger partial charge is 0.326 e. The summed E-state index contributed by atoms with van der Waals surface area (Å²) in [7, 11) is 1.77. The van der Waals surface area contributed by atoms with Gasteiger partial charge in [0.1, 0.15) is 6.04 Å². The molecular weight excluding hydrogens is 268 g/mol. The lowest BCUT2D eigenvalue weighted by Gasteiger charge is -2.29. The molecule has 0 aromatic heterocycles. The first-order valence-electron chi connectivity index (χ1n) is 8.16. The number of rotatable bonds is 6. The summed E-state index contributed by atoms with van der Waals surface area (Å²) in [6.07, 6.45) is 5.94. The molecule has 0 aliphatic heterocycles. The lowest BCUT2D eigenvalue weighted by atomic mass is 9.88. The zero-order valence-corrected chi connectivity index (χ0v) is 13.3. The van der Waals surface area contributed by atoms with Crippen molar-refractivity contribution in [1.82, 2.24) is 10.2 Å². The van der Waals surface area contributed by atoms with Crippen molar-refractivity contribution in [2.75, 3.05) is 13.6 Å². The van der Waals surface area contributed by atoms with Crippen LogP contribution in [0.5, 0.6) is 0 Å². The number of aliphatic carboxylic acids is 1. The SMILES string of the molecule is CCC(C)C(NC(=O)N(C)CC1CC2CCC1C2)C(=O)O. The second-order valence-corrected chi connectivity index (χ2v) is 6.97. The van der Waals surface area contributed by atoms with Crippen LogP contribution in [-0.4, -0.2) is 41.6 Å². The molecular formula is C16H28N2O3. The topological polar surface area (TPSA) is 69.6 Å². The zero-order chi connectivity index (χ0) is 15.6.